The average Bonchev–Trinajstić information content (AvgIpc) is 2.27. The van der Waals surface area contributed by atoms with Gasteiger partial charge >= 0.3 is 0 Å². The first-order chi connectivity index (χ1) is 7.43. The number of hydrogen-bond donors (Lipinski definition) is 1. The molecule has 0 aliphatic carbocycles. The van der Waals surface area contributed by atoms with Crippen molar-refractivity contribution in [3.05, 3.63) is 0 Å². The first-order valence-electron chi connectivity index (χ1n) is 5.59. The van der Waals surface area contributed by atoms with Crippen LogP contribution < -0.4 is 5.32 Å². The Bertz CT molecular complexity index is 308. The minimum absolute atomic E-state index is 0.0767. The summed E-state index contributed by atoms with van der Waals surface area (Å²) >= 11 is 0. The van der Waals surface area contributed by atoms with Crippen molar-refractivity contribution in [3.63, 3.8) is 0 Å². The monoisotopic (exact) mass is 250 g/mol. The summed E-state index contributed by atoms with van der Waals surface area (Å²) in [6, 6.07) is 0. The van der Waals surface area contributed by atoms with E-state index in [0.717, 1.165) is 12.8 Å². The summed E-state index contributed by atoms with van der Waals surface area (Å²) in [7, 11) is 0.320. The van der Waals surface area contributed by atoms with Crippen molar-refractivity contribution in [2.45, 2.75) is 25.3 Å². The highest BCUT2D eigenvalue weighted by Gasteiger charge is 2.33. The highest BCUT2D eigenvalue weighted by atomic mass is 32.2. The molecule has 0 bridgehead atoms. The van der Waals surface area contributed by atoms with E-state index in [4.69, 9.17) is 4.74 Å². The molecular weight excluding hydrogens is 228 g/mol. The van der Waals surface area contributed by atoms with E-state index in [-0.39, 0.29) is 17.9 Å². The fourth-order valence-corrected chi connectivity index (χ4v) is 3.20. The molecule has 5 nitrogen and oxygen atoms in total. The van der Waals surface area contributed by atoms with E-state index < -0.39 is 10.0 Å². The van der Waals surface area contributed by atoms with E-state index in [1.807, 2.05) is 7.05 Å². The number of ether oxygens (including phenoxy) is 1. The largest absolute Gasteiger partial charge is 0.384 e. The normalized spacial score (nSPS) is 22.2. The van der Waals surface area contributed by atoms with Crippen LogP contribution in [-0.2, 0) is 14.8 Å². The Morgan fingerprint density at radius 2 is 1.94 bits per heavy atom. The van der Waals surface area contributed by atoms with Crippen molar-refractivity contribution in [1.29, 1.82) is 0 Å². The topological polar surface area (TPSA) is 58.6 Å². The van der Waals surface area contributed by atoms with Crippen molar-refractivity contribution < 1.29 is 13.2 Å². The lowest BCUT2D eigenvalue weighted by Gasteiger charge is -2.38. The van der Waals surface area contributed by atoms with Crippen molar-refractivity contribution >= 4 is 10.0 Å². The van der Waals surface area contributed by atoms with Crippen LogP contribution in [0.1, 0.15) is 19.8 Å². The lowest BCUT2D eigenvalue weighted by molar-refractivity contribution is 0.205. The summed E-state index contributed by atoms with van der Waals surface area (Å²) in [5.74, 6) is 0.0831. The van der Waals surface area contributed by atoms with Crippen LogP contribution >= 0.6 is 0 Å². The van der Waals surface area contributed by atoms with E-state index in [9.17, 15) is 8.42 Å². The number of nitrogens with zero attached hydrogens (tertiary/aromatic N) is 1. The molecule has 0 saturated carbocycles. The molecule has 0 amide bonds. The van der Waals surface area contributed by atoms with Gasteiger partial charge in [0.05, 0.1) is 12.4 Å². The van der Waals surface area contributed by atoms with Gasteiger partial charge < -0.3 is 10.1 Å². The number of rotatable bonds is 5. The summed E-state index contributed by atoms with van der Waals surface area (Å²) in [6.07, 6.45) is 1.71. The van der Waals surface area contributed by atoms with Gasteiger partial charge in [-0.1, -0.05) is 0 Å². The minimum atomic E-state index is -3.12. The summed E-state index contributed by atoms with van der Waals surface area (Å²) in [5, 5.41) is 3.25. The molecule has 1 N–H and O–H groups in total. The third kappa shape index (κ3) is 3.41. The van der Waals surface area contributed by atoms with Gasteiger partial charge in [0.1, 0.15) is 0 Å². The third-order valence-corrected chi connectivity index (χ3v) is 5.20. The molecule has 0 unspecified atom stereocenters. The number of nitrogens with one attached hydrogen (secondary N) is 1. The molecular formula is C10H22N2O3S. The van der Waals surface area contributed by atoms with Crippen molar-refractivity contribution in [3.8, 4) is 0 Å². The zero-order valence-corrected chi connectivity index (χ0v) is 11.1. The van der Waals surface area contributed by atoms with Gasteiger partial charge in [0, 0.05) is 25.7 Å². The van der Waals surface area contributed by atoms with E-state index in [1.165, 1.54) is 7.11 Å². The molecule has 1 heterocycles. The van der Waals surface area contributed by atoms with Crippen LogP contribution in [-0.4, -0.2) is 57.9 Å². The Balaban J connectivity index is 2.53. The third-order valence-electron chi connectivity index (χ3n) is 3.37. The maximum Gasteiger partial charge on any atom is 0.216 e. The summed E-state index contributed by atoms with van der Waals surface area (Å²) in [5.41, 5.74) is 0.0767. The van der Waals surface area contributed by atoms with Gasteiger partial charge in [-0.05, 0) is 26.8 Å². The maximum absolute atomic E-state index is 11.9. The summed E-state index contributed by atoms with van der Waals surface area (Å²) < 4.78 is 30.1. The average molecular weight is 250 g/mol. The van der Waals surface area contributed by atoms with Gasteiger partial charge in [-0.2, -0.15) is 0 Å². The van der Waals surface area contributed by atoms with Crippen LogP contribution in [0.15, 0.2) is 0 Å². The quantitative estimate of drug-likeness (QED) is 0.748. The van der Waals surface area contributed by atoms with E-state index in [1.54, 1.807) is 4.31 Å². The molecule has 96 valence electrons. The standard InChI is InChI=1S/C10H22N2O3S/c1-10(11-2)4-6-12(7-5-10)16(13,14)9-8-15-3/h11H,4-9H2,1-3H3. The second-order valence-corrected chi connectivity index (χ2v) is 6.61. The van der Waals surface area contributed by atoms with Crippen LogP contribution in [0, 0.1) is 0 Å². The fraction of sp³-hybridized carbons (Fsp3) is 1.00. The molecule has 1 saturated heterocycles. The van der Waals surface area contributed by atoms with Crippen molar-refractivity contribution in [2.24, 2.45) is 0 Å². The lowest BCUT2D eigenvalue weighted by Crippen LogP contribution is -2.51. The molecule has 1 aliphatic heterocycles. The van der Waals surface area contributed by atoms with Gasteiger partial charge in [0.25, 0.3) is 0 Å². The summed E-state index contributed by atoms with van der Waals surface area (Å²) in [4.78, 5) is 0. The van der Waals surface area contributed by atoms with Gasteiger partial charge in [-0.15, -0.1) is 0 Å². The lowest BCUT2D eigenvalue weighted by atomic mass is 9.91. The zero-order valence-electron chi connectivity index (χ0n) is 10.3. The molecule has 0 aromatic rings. The second-order valence-electron chi connectivity index (χ2n) is 4.52. The molecule has 0 spiro atoms. The molecule has 1 aliphatic rings. The molecule has 1 rings (SSSR count). The first kappa shape index (κ1) is 13.9. The molecule has 16 heavy (non-hydrogen) atoms. The van der Waals surface area contributed by atoms with Crippen LogP contribution in [0.2, 0.25) is 0 Å². The van der Waals surface area contributed by atoms with Crippen LogP contribution in [0.5, 0.6) is 0 Å². The Morgan fingerprint density at radius 3 is 2.38 bits per heavy atom. The maximum atomic E-state index is 11.9. The van der Waals surface area contributed by atoms with Crippen LogP contribution in [0.3, 0.4) is 0 Å². The minimum Gasteiger partial charge on any atom is -0.384 e. The predicted molar refractivity (Wildman–Crippen MR) is 63.9 cm³/mol. The van der Waals surface area contributed by atoms with Gasteiger partial charge in [0.2, 0.25) is 10.0 Å². The van der Waals surface area contributed by atoms with Gasteiger partial charge in [-0.3, -0.25) is 0 Å². The number of piperidine rings is 1. The smallest absolute Gasteiger partial charge is 0.216 e. The molecule has 0 aromatic heterocycles. The molecule has 1 fully saturated rings. The first-order valence-corrected chi connectivity index (χ1v) is 7.20. The van der Waals surface area contributed by atoms with Crippen molar-refractivity contribution in [1.82, 2.24) is 9.62 Å². The molecule has 0 atom stereocenters. The Morgan fingerprint density at radius 1 is 1.38 bits per heavy atom. The Kier molecular flexibility index (Phi) is 4.73. The Hall–Kier alpha value is -0.170. The number of methoxy groups -OCH3 is 1. The SMILES string of the molecule is CNC1(C)CCN(S(=O)(=O)CCOC)CC1. The fourth-order valence-electron chi connectivity index (χ4n) is 1.83. The highest BCUT2D eigenvalue weighted by molar-refractivity contribution is 7.89. The summed E-state index contributed by atoms with van der Waals surface area (Å²) in [6.45, 7) is 3.60. The van der Waals surface area contributed by atoms with E-state index >= 15 is 0 Å². The van der Waals surface area contributed by atoms with Crippen LogP contribution in [0.4, 0.5) is 0 Å². The Labute approximate surface area is 98.2 Å². The van der Waals surface area contributed by atoms with E-state index in [2.05, 4.69) is 12.2 Å². The van der Waals surface area contributed by atoms with E-state index in [0.29, 0.717) is 13.1 Å². The predicted octanol–water partition coefficient (Wildman–Crippen LogP) is 0.0365. The molecule has 0 aromatic carbocycles. The molecule has 6 heteroatoms. The second kappa shape index (κ2) is 5.44. The zero-order chi connectivity index (χ0) is 12.2. The number of sulfonamides is 1. The van der Waals surface area contributed by atoms with Crippen molar-refractivity contribution in [2.75, 3.05) is 39.6 Å². The van der Waals surface area contributed by atoms with Gasteiger partial charge in [0.15, 0.2) is 0 Å². The number of hydrogen-bond acceptors (Lipinski definition) is 4. The molecule has 0 radical (unpaired) electrons. The van der Waals surface area contributed by atoms with Gasteiger partial charge in [-0.25, -0.2) is 12.7 Å². The highest BCUT2D eigenvalue weighted by Crippen LogP contribution is 2.22. The van der Waals surface area contributed by atoms with Crippen LogP contribution in [0.25, 0.3) is 0 Å².